The molecule has 1 atom stereocenters. The molecule has 0 spiro atoms. The van der Waals surface area contributed by atoms with Crippen molar-refractivity contribution in [2.45, 2.75) is 38.7 Å². The number of ether oxygens (including phenoxy) is 1. The van der Waals surface area contributed by atoms with E-state index >= 15 is 0 Å². The third kappa shape index (κ3) is 2.80. The van der Waals surface area contributed by atoms with Gasteiger partial charge in [-0.25, -0.2) is 0 Å². The van der Waals surface area contributed by atoms with Crippen LogP contribution in [-0.4, -0.2) is 50.2 Å². The zero-order valence-corrected chi connectivity index (χ0v) is 11.0. The van der Waals surface area contributed by atoms with Crippen LogP contribution < -0.4 is 5.32 Å². The number of likely N-dealkylation sites (N-methyl/N-ethyl adjacent to an activating group) is 1. The molecule has 2 aliphatic rings. The third-order valence-electron chi connectivity index (χ3n) is 4.08. The van der Waals surface area contributed by atoms with E-state index in [1.807, 2.05) is 11.9 Å². The Kier molecular flexibility index (Phi) is 4.05. The van der Waals surface area contributed by atoms with Gasteiger partial charge >= 0.3 is 0 Å². The predicted octanol–water partition coefficient (Wildman–Crippen LogP) is 1.01. The standard InChI is InChI=1S/C13H24N2O2/c1-13(5-3-4-6-13)12(16)15-7-8-17-11(10-15)9-14-2/h11,14H,3-10H2,1-2H3. The monoisotopic (exact) mass is 240 g/mol. The summed E-state index contributed by atoms with van der Waals surface area (Å²) < 4.78 is 5.64. The first-order valence-electron chi connectivity index (χ1n) is 6.71. The second-order valence-corrected chi connectivity index (χ2v) is 5.57. The fourth-order valence-corrected chi connectivity index (χ4v) is 3.01. The minimum absolute atomic E-state index is 0.0957. The van der Waals surface area contributed by atoms with Crippen LogP contribution in [-0.2, 0) is 9.53 Å². The van der Waals surface area contributed by atoms with Gasteiger partial charge in [-0.3, -0.25) is 4.79 Å². The SMILES string of the molecule is CNCC1CN(C(=O)C2(C)CCCC2)CCO1. The summed E-state index contributed by atoms with van der Waals surface area (Å²) in [4.78, 5) is 14.5. The van der Waals surface area contributed by atoms with Crippen molar-refractivity contribution >= 4 is 5.91 Å². The minimum Gasteiger partial charge on any atom is -0.373 e. The Morgan fingerprint density at radius 1 is 1.47 bits per heavy atom. The van der Waals surface area contributed by atoms with Gasteiger partial charge in [0.1, 0.15) is 0 Å². The van der Waals surface area contributed by atoms with Crippen LogP contribution in [0.3, 0.4) is 0 Å². The smallest absolute Gasteiger partial charge is 0.228 e. The van der Waals surface area contributed by atoms with Crippen LogP contribution in [0.4, 0.5) is 0 Å². The molecule has 0 radical (unpaired) electrons. The highest BCUT2D eigenvalue weighted by molar-refractivity contribution is 5.82. The molecule has 4 heteroatoms. The van der Waals surface area contributed by atoms with Crippen molar-refractivity contribution in [2.75, 3.05) is 33.3 Å². The molecule has 1 unspecified atom stereocenters. The second-order valence-electron chi connectivity index (χ2n) is 5.57. The van der Waals surface area contributed by atoms with Crippen molar-refractivity contribution in [3.05, 3.63) is 0 Å². The molecule has 0 aromatic carbocycles. The van der Waals surface area contributed by atoms with Crippen molar-refractivity contribution in [3.63, 3.8) is 0 Å². The van der Waals surface area contributed by atoms with E-state index in [4.69, 9.17) is 4.74 Å². The first-order valence-corrected chi connectivity index (χ1v) is 6.71. The zero-order chi connectivity index (χ0) is 12.3. The average Bonchev–Trinajstić information content (AvgIpc) is 2.77. The maximum absolute atomic E-state index is 12.5. The van der Waals surface area contributed by atoms with Crippen LogP contribution in [0.25, 0.3) is 0 Å². The van der Waals surface area contributed by atoms with Gasteiger partial charge in [0, 0.05) is 25.0 Å². The van der Waals surface area contributed by atoms with E-state index in [0.29, 0.717) is 12.5 Å². The Balaban J connectivity index is 1.94. The van der Waals surface area contributed by atoms with Crippen molar-refractivity contribution in [1.82, 2.24) is 10.2 Å². The number of morpholine rings is 1. The highest BCUT2D eigenvalue weighted by Crippen LogP contribution is 2.39. The molecule has 0 bridgehead atoms. The van der Waals surface area contributed by atoms with E-state index < -0.39 is 0 Å². The van der Waals surface area contributed by atoms with E-state index in [2.05, 4.69) is 12.2 Å². The van der Waals surface area contributed by atoms with E-state index in [-0.39, 0.29) is 11.5 Å². The molecule has 1 amide bonds. The van der Waals surface area contributed by atoms with Crippen molar-refractivity contribution in [2.24, 2.45) is 5.41 Å². The summed E-state index contributed by atoms with van der Waals surface area (Å²) in [5.74, 6) is 0.347. The Morgan fingerprint density at radius 2 is 2.18 bits per heavy atom. The lowest BCUT2D eigenvalue weighted by atomic mass is 9.87. The Hall–Kier alpha value is -0.610. The topological polar surface area (TPSA) is 41.6 Å². The number of hydrogen-bond donors (Lipinski definition) is 1. The number of carbonyl (C=O) groups is 1. The summed E-state index contributed by atoms with van der Waals surface area (Å²) in [5.41, 5.74) is -0.0957. The summed E-state index contributed by atoms with van der Waals surface area (Å²) in [6, 6.07) is 0. The van der Waals surface area contributed by atoms with Crippen LogP contribution in [0, 0.1) is 5.41 Å². The maximum Gasteiger partial charge on any atom is 0.228 e. The number of hydrogen-bond acceptors (Lipinski definition) is 3. The number of amides is 1. The van der Waals surface area contributed by atoms with Crippen molar-refractivity contribution in [3.8, 4) is 0 Å². The number of nitrogens with one attached hydrogen (secondary N) is 1. The fourth-order valence-electron chi connectivity index (χ4n) is 3.01. The lowest BCUT2D eigenvalue weighted by Gasteiger charge is -2.37. The Morgan fingerprint density at radius 3 is 2.82 bits per heavy atom. The van der Waals surface area contributed by atoms with Crippen LogP contribution in [0.5, 0.6) is 0 Å². The van der Waals surface area contributed by atoms with Crippen LogP contribution in [0.15, 0.2) is 0 Å². The molecule has 2 rings (SSSR count). The van der Waals surface area contributed by atoms with Gasteiger partial charge in [0.05, 0.1) is 12.7 Å². The fraction of sp³-hybridized carbons (Fsp3) is 0.923. The third-order valence-corrected chi connectivity index (χ3v) is 4.08. The Labute approximate surface area is 104 Å². The highest BCUT2D eigenvalue weighted by atomic mass is 16.5. The Bertz CT molecular complexity index is 273. The van der Waals surface area contributed by atoms with E-state index in [9.17, 15) is 4.79 Å². The summed E-state index contributed by atoms with van der Waals surface area (Å²) in [7, 11) is 1.92. The quantitative estimate of drug-likeness (QED) is 0.800. The average molecular weight is 240 g/mol. The predicted molar refractivity (Wildman–Crippen MR) is 66.8 cm³/mol. The van der Waals surface area contributed by atoms with Crippen LogP contribution >= 0.6 is 0 Å². The molecule has 1 aliphatic carbocycles. The van der Waals surface area contributed by atoms with Crippen LogP contribution in [0.1, 0.15) is 32.6 Å². The molecule has 17 heavy (non-hydrogen) atoms. The van der Waals surface area contributed by atoms with Gasteiger partial charge in [-0.05, 0) is 19.9 Å². The largest absolute Gasteiger partial charge is 0.373 e. The molecule has 1 saturated carbocycles. The van der Waals surface area contributed by atoms with Gasteiger partial charge in [0.25, 0.3) is 0 Å². The lowest BCUT2D eigenvalue weighted by molar-refractivity contribution is -0.148. The van der Waals surface area contributed by atoms with E-state index in [0.717, 1.165) is 32.5 Å². The molecule has 0 aromatic heterocycles. The van der Waals surface area contributed by atoms with Crippen LogP contribution in [0.2, 0.25) is 0 Å². The van der Waals surface area contributed by atoms with Crippen molar-refractivity contribution in [1.29, 1.82) is 0 Å². The summed E-state index contributed by atoms with van der Waals surface area (Å²) in [6.45, 7) is 5.13. The molecule has 1 aliphatic heterocycles. The zero-order valence-electron chi connectivity index (χ0n) is 11.0. The van der Waals surface area contributed by atoms with Gasteiger partial charge in [-0.2, -0.15) is 0 Å². The summed E-state index contributed by atoms with van der Waals surface area (Å²) in [6.07, 6.45) is 4.67. The number of carbonyl (C=O) groups excluding carboxylic acids is 1. The molecule has 2 fully saturated rings. The summed E-state index contributed by atoms with van der Waals surface area (Å²) in [5, 5.41) is 3.11. The lowest BCUT2D eigenvalue weighted by Crippen LogP contribution is -2.52. The minimum atomic E-state index is -0.0957. The van der Waals surface area contributed by atoms with E-state index in [1.165, 1.54) is 12.8 Å². The first-order chi connectivity index (χ1) is 8.15. The molecule has 1 saturated heterocycles. The van der Waals surface area contributed by atoms with Crippen molar-refractivity contribution < 1.29 is 9.53 Å². The first kappa shape index (κ1) is 12.8. The normalized spacial score (nSPS) is 28.4. The maximum atomic E-state index is 12.5. The molecule has 1 heterocycles. The van der Waals surface area contributed by atoms with Gasteiger partial charge in [0.2, 0.25) is 5.91 Å². The second kappa shape index (κ2) is 5.36. The summed E-state index contributed by atoms with van der Waals surface area (Å²) >= 11 is 0. The van der Waals surface area contributed by atoms with Gasteiger partial charge in [0.15, 0.2) is 0 Å². The number of nitrogens with zero attached hydrogens (tertiary/aromatic N) is 1. The van der Waals surface area contributed by atoms with E-state index in [1.54, 1.807) is 0 Å². The molecule has 4 nitrogen and oxygen atoms in total. The van der Waals surface area contributed by atoms with Gasteiger partial charge in [-0.1, -0.05) is 19.8 Å². The van der Waals surface area contributed by atoms with Gasteiger partial charge < -0.3 is 15.0 Å². The molecular formula is C13H24N2O2. The molecule has 0 aromatic rings. The number of rotatable bonds is 3. The molecular weight excluding hydrogens is 216 g/mol. The molecule has 98 valence electrons. The van der Waals surface area contributed by atoms with Gasteiger partial charge in [-0.15, -0.1) is 0 Å². The molecule has 1 N–H and O–H groups in total. The highest BCUT2D eigenvalue weighted by Gasteiger charge is 2.40.